The van der Waals surface area contributed by atoms with Gasteiger partial charge in [-0.15, -0.1) is 0 Å². The second-order valence-corrected chi connectivity index (χ2v) is 5.45. The van der Waals surface area contributed by atoms with Crippen LogP contribution in [0.5, 0.6) is 0 Å². The summed E-state index contributed by atoms with van der Waals surface area (Å²) in [6, 6.07) is 0. The molecule has 1 heterocycles. The Bertz CT molecular complexity index is 386. The Labute approximate surface area is 108 Å². The zero-order valence-electron chi connectivity index (χ0n) is 10.6. The van der Waals surface area contributed by atoms with E-state index in [0.717, 1.165) is 17.8 Å². The van der Waals surface area contributed by atoms with Crippen molar-refractivity contribution < 1.29 is 0 Å². The molecule has 3 nitrogen and oxygen atoms in total. The van der Waals surface area contributed by atoms with Crippen molar-refractivity contribution in [2.45, 2.75) is 57.9 Å². The van der Waals surface area contributed by atoms with Crippen LogP contribution in [0.1, 0.15) is 51.5 Å². The highest BCUT2D eigenvalue weighted by Crippen LogP contribution is 2.32. The topological polar surface area (TPSA) is 37.8 Å². The summed E-state index contributed by atoms with van der Waals surface area (Å²) in [6.07, 6.45) is 8.75. The van der Waals surface area contributed by atoms with Crippen LogP contribution in [0.25, 0.3) is 0 Å². The van der Waals surface area contributed by atoms with E-state index < -0.39 is 0 Å². The van der Waals surface area contributed by atoms with Crippen LogP contribution in [0.2, 0.25) is 5.15 Å². The zero-order chi connectivity index (χ0) is 12.3. The number of halogens is 1. The van der Waals surface area contributed by atoms with E-state index in [1.165, 1.54) is 38.4 Å². The van der Waals surface area contributed by atoms with Gasteiger partial charge in [0, 0.05) is 11.1 Å². The summed E-state index contributed by atoms with van der Waals surface area (Å²) in [5.41, 5.74) is 1.20. The smallest absolute Gasteiger partial charge is 0.137 e. The van der Waals surface area contributed by atoms with Crippen LogP contribution in [0.3, 0.4) is 0 Å². The molecule has 0 spiro atoms. The number of nitrogens with zero attached hydrogens (tertiary/aromatic N) is 2. The molecule has 0 radical (unpaired) electrons. The predicted molar refractivity (Wildman–Crippen MR) is 71.5 cm³/mol. The minimum atomic E-state index is 0.167. The monoisotopic (exact) mass is 253 g/mol. The van der Waals surface area contributed by atoms with Gasteiger partial charge >= 0.3 is 0 Å². The molecule has 0 saturated heterocycles. The van der Waals surface area contributed by atoms with Crippen LogP contribution in [-0.4, -0.2) is 15.5 Å². The Kier molecular flexibility index (Phi) is 3.87. The van der Waals surface area contributed by atoms with Gasteiger partial charge in [0.1, 0.15) is 17.3 Å². The predicted octanol–water partition coefficient (Wildman–Crippen LogP) is 3.83. The van der Waals surface area contributed by atoms with Gasteiger partial charge in [0.2, 0.25) is 0 Å². The van der Waals surface area contributed by atoms with Gasteiger partial charge in [-0.1, -0.05) is 37.8 Å². The lowest BCUT2D eigenvalue weighted by Gasteiger charge is -2.35. The summed E-state index contributed by atoms with van der Waals surface area (Å²) in [5.74, 6) is 0.914. The second-order valence-electron chi connectivity index (χ2n) is 5.09. The molecule has 1 aromatic rings. The fourth-order valence-electron chi connectivity index (χ4n) is 2.55. The molecule has 1 aromatic heterocycles. The van der Waals surface area contributed by atoms with Crippen LogP contribution in [0.15, 0.2) is 6.33 Å². The highest BCUT2D eigenvalue weighted by atomic mass is 35.5. The third-order valence-electron chi connectivity index (χ3n) is 3.62. The minimum absolute atomic E-state index is 0.167. The van der Waals surface area contributed by atoms with E-state index in [4.69, 9.17) is 11.6 Å². The summed E-state index contributed by atoms with van der Waals surface area (Å²) in [6.45, 7) is 4.36. The Balaban J connectivity index is 2.20. The van der Waals surface area contributed by atoms with Crippen molar-refractivity contribution >= 4 is 17.4 Å². The Hall–Kier alpha value is -0.830. The van der Waals surface area contributed by atoms with E-state index in [9.17, 15) is 0 Å². The summed E-state index contributed by atoms with van der Waals surface area (Å²) < 4.78 is 0. The molecule has 2 rings (SSSR count). The SMILES string of the molecule is CCc1c(Cl)ncnc1NC1(C)CCCCC1. The molecule has 1 saturated carbocycles. The average Bonchev–Trinajstić information content (AvgIpc) is 2.30. The lowest BCUT2D eigenvalue weighted by molar-refractivity contribution is 0.348. The van der Waals surface area contributed by atoms with Gasteiger partial charge in [0.15, 0.2) is 0 Å². The van der Waals surface area contributed by atoms with Gasteiger partial charge in [-0.2, -0.15) is 0 Å². The van der Waals surface area contributed by atoms with Gasteiger partial charge in [0.05, 0.1) is 0 Å². The van der Waals surface area contributed by atoms with Gasteiger partial charge in [-0.3, -0.25) is 0 Å². The number of anilines is 1. The minimum Gasteiger partial charge on any atom is -0.365 e. The number of hydrogen-bond donors (Lipinski definition) is 1. The molecule has 1 N–H and O–H groups in total. The standard InChI is InChI=1S/C13H20ClN3/c1-3-10-11(14)15-9-16-12(10)17-13(2)7-5-4-6-8-13/h9H,3-8H2,1-2H3,(H,15,16,17). The Morgan fingerprint density at radius 3 is 2.65 bits per heavy atom. The number of hydrogen-bond acceptors (Lipinski definition) is 3. The van der Waals surface area contributed by atoms with Crippen molar-refractivity contribution in [1.82, 2.24) is 9.97 Å². The molecular formula is C13H20ClN3. The highest BCUT2D eigenvalue weighted by Gasteiger charge is 2.27. The van der Waals surface area contributed by atoms with Crippen molar-refractivity contribution in [3.05, 3.63) is 17.0 Å². The van der Waals surface area contributed by atoms with Crippen molar-refractivity contribution in [3.63, 3.8) is 0 Å². The summed E-state index contributed by atoms with van der Waals surface area (Å²) in [4.78, 5) is 8.38. The van der Waals surface area contributed by atoms with Crippen LogP contribution >= 0.6 is 11.6 Å². The maximum Gasteiger partial charge on any atom is 0.137 e. The van der Waals surface area contributed by atoms with Crippen molar-refractivity contribution in [2.24, 2.45) is 0 Å². The van der Waals surface area contributed by atoms with Crippen LogP contribution in [0, 0.1) is 0 Å². The molecule has 1 fully saturated rings. The normalized spacial score (nSPS) is 19.0. The third-order valence-corrected chi connectivity index (χ3v) is 3.95. The molecule has 17 heavy (non-hydrogen) atoms. The molecule has 4 heteroatoms. The first kappa shape index (κ1) is 12.6. The number of aromatic nitrogens is 2. The van der Waals surface area contributed by atoms with Crippen LogP contribution in [-0.2, 0) is 6.42 Å². The first-order valence-corrected chi connectivity index (χ1v) is 6.80. The van der Waals surface area contributed by atoms with Gasteiger partial charge in [-0.05, 0) is 26.2 Å². The molecule has 0 amide bonds. The van der Waals surface area contributed by atoms with Gasteiger partial charge < -0.3 is 5.32 Å². The molecule has 0 atom stereocenters. The molecule has 1 aliphatic rings. The lowest BCUT2D eigenvalue weighted by atomic mass is 9.83. The van der Waals surface area contributed by atoms with E-state index in [1.54, 1.807) is 0 Å². The van der Waals surface area contributed by atoms with Crippen molar-refractivity contribution in [1.29, 1.82) is 0 Å². The summed E-state index contributed by atoms with van der Waals surface area (Å²) >= 11 is 6.10. The zero-order valence-corrected chi connectivity index (χ0v) is 11.3. The van der Waals surface area contributed by atoms with Gasteiger partial charge in [-0.25, -0.2) is 9.97 Å². The highest BCUT2D eigenvalue weighted by molar-refractivity contribution is 6.30. The molecule has 0 aromatic carbocycles. The summed E-state index contributed by atoms with van der Waals surface area (Å²) in [5, 5.41) is 4.16. The van der Waals surface area contributed by atoms with Crippen molar-refractivity contribution in [2.75, 3.05) is 5.32 Å². The molecule has 0 bridgehead atoms. The average molecular weight is 254 g/mol. The van der Waals surface area contributed by atoms with E-state index in [2.05, 4.69) is 29.1 Å². The molecule has 94 valence electrons. The molecule has 1 aliphatic carbocycles. The van der Waals surface area contributed by atoms with Gasteiger partial charge in [0.25, 0.3) is 0 Å². The van der Waals surface area contributed by atoms with Crippen LogP contribution in [0.4, 0.5) is 5.82 Å². The Morgan fingerprint density at radius 2 is 2.00 bits per heavy atom. The van der Waals surface area contributed by atoms with Crippen LogP contribution < -0.4 is 5.32 Å². The quantitative estimate of drug-likeness (QED) is 0.832. The van der Waals surface area contributed by atoms with E-state index in [0.29, 0.717) is 5.15 Å². The Morgan fingerprint density at radius 1 is 1.29 bits per heavy atom. The summed E-state index contributed by atoms with van der Waals surface area (Å²) in [7, 11) is 0. The van der Waals surface area contributed by atoms with Crippen molar-refractivity contribution in [3.8, 4) is 0 Å². The number of rotatable bonds is 3. The lowest BCUT2D eigenvalue weighted by Crippen LogP contribution is -2.37. The first-order chi connectivity index (χ1) is 8.14. The van der Waals surface area contributed by atoms with E-state index >= 15 is 0 Å². The second kappa shape index (κ2) is 5.21. The largest absolute Gasteiger partial charge is 0.365 e. The van der Waals surface area contributed by atoms with E-state index in [-0.39, 0.29) is 5.54 Å². The fourth-order valence-corrected chi connectivity index (χ4v) is 2.82. The molecular weight excluding hydrogens is 234 g/mol. The maximum absolute atomic E-state index is 6.10. The third kappa shape index (κ3) is 2.89. The first-order valence-electron chi connectivity index (χ1n) is 6.42. The molecule has 0 unspecified atom stereocenters. The number of nitrogens with one attached hydrogen (secondary N) is 1. The fraction of sp³-hybridized carbons (Fsp3) is 0.692. The molecule has 0 aliphatic heterocycles. The van der Waals surface area contributed by atoms with E-state index in [1.807, 2.05) is 0 Å². The maximum atomic E-state index is 6.10.